The number of nitrogens with one attached hydrogen (secondary N) is 1. The number of hydrogen-bond donors (Lipinski definition) is 1. The average molecular weight is 447 g/mol. The molecular formula is C27H34N4O2. The van der Waals surface area contributed by atoms with Gasteiger partial charge in [-0.1, -0.05) is 52.0 Å². The summed E-state index contributed by atoms with van der Waals surface area (Å²) in [6, 6.07) is 17.4. The summed E-state index contributed by atoms with van der Waals surface area (Å²) in [5.74, 6) is 0.175. The number of aromatic nitrogens is 2. The van der Waals surface area contributed by atoms with Crippen LogP contribution in [-0.4, -0.2) is 39.6 Å². The van der Waals surface area contributed by atoms with Gasteiger partial charge in [-0.3, -0.25) is 9.59 Å². The number of rotatable bonds is 7. The summed E-state index contributed by atoms with van der Waals surface area (Å²) in [5.41, 5.74) is 4.44. The highest BCUT2D eigenvalue weighted by atomic mass is 16.2. The Morgan fingerprint density at radius 1 is 1.03 bits per heavy atom. The Kier molecular flexibility index (Phi) is 7.36. The minimum absolute atomic E-state index is 0.0330. The molecule has 0 fully saturated rings. The zero-order valence-corrected chi connectivity index (χ0v) is 20.5. The number of carbonyl (C=O) groups excluding carboxylic acids is 2. The summed E-state index contributed by atoms with van der Waals surface area (Å²) in [4.78, 5) is 27.5. The highest BCUT2D eigenvalue weighted by Gasteiger charge is 2.23. The maximum absolute atomic E-state index is 13.0. The van der Waals surface area contributed by atoms with Crippen molar-refractivity contribution < 1.29 is 9.59 Å². The fourth-order valence-electron chi connectivity index (χ4n) is 3.54. The standard InChI is InChI=1S/C27H34N4O2/c1-7-20-12-14-21(15-13-20)26(33)30(8-2)18-25(32)28-24-17-23(27(4,5)6)29-31(24)22-11-9-10-19(3)16-22/h9-17H,7-8,18H2,1-6H3,(H,28,32). The highest BCUT2D eigenvalue weighted by Crippen LogP contribution is 2.26. The first-order valence-corrected chi connectivity index (χ1v) is 11.5. The first-order valence-electron chi connectivity index (χ1n) is 11.5. The number of aryl methyl sites for hydroxylation is 2. The third kappa shape index (κ3) is 5.89. The summed E-state index contributed by atoms with van der Waals surface area (Å²) in [6.45, 7) is 12.6. The molecule has 2 amide bonds. The number of amides is 2. The lowest BCUT2D eigenvalue weighted by atomic mass is 9.92. The van der Waals surface area contributed by atoms with E-state index in [0.29, 0.717) is 17.9 Å². The van der Waals surface area contributed by atoms with Crippen molar-refractivity contribution in [1.82, 2.24) is 14.7 Å². The third-order valence-electron chi connectivity index (χ3n) is 5.60. The lowest BCUT2D eigenvalue weighted by molar-refractivity contribution is -0.116. The molecule has 1 N–H and O–H groups in total. The SMILES string of the molecule is CCc1ccc(C(=O)N(CC)CC(=O)Nc2cc(C(C)(C)C)nn2-c2cccc(C)c2)cc1. The summed E-state index contributed by atoms with van der Waals surface area (Å²) in [6.07, 6.45) is 0.916. The van der Waals surface area contributed by atoms with Crippen LogP contribution < -0.4 is 5.32 Å². The predicted octanol–water partition coefficient (Wildman–Crippen LogP) is 5.14. The van der Waals surface area contributed by atoms with E-state index in [0.717, 1.165) is 23.4 Å². The van der Waals surface area contributed by atoms with Crippen LogP contribution in [0.1, 0.15) is 61.8 Å². The van der Waals surface area contributed by atoms with Crippen molar-refractivity contribution in [3.63, 3.8) is 0 Å². The van der Waals surface area contributed by atoms with E-state index in [2.05, 4.69) is 33.0 Å². The van der Waals surface area contributed by atoms with Crippen molar-refractivity contribution in [1.29, 1.82) is 0 Å². The Labute approximate surface area is 196 Å². The van der Waals surface area contributed by atoms with Crippen LogP contribution in [-0.2, 0) is 16.6 Å². The molecule has 0 bridgehead atoms. The quantitative estimate of drug-likeness (QED) is 0.546. The minimum Gasteiger partial charge on any atom is -0.330 e. The van der Waals surface area contributed by atoms with E-state index in [-0.39, 0.29) is 23.8 Å². The zero-order chi connectivity index (χ0) is 24.2. The molecule has 0 radical (unpaired) electrons. The molecule has 3 aromatic rings. The van der Waals surface area contributed by atoms with Crippen molar-refractivity contribution in [3.05, 3.63) is 77.0 Å². The number of hydrogen-bond acceptors (Lipinski definition) is 3. The molecule has 0 aliphatic carbocycles. The van der Waals surface area contributed by atoms with Gasteiger partial charge in [0.1, 0.15) is 12.4 Å². The Balaban J connectivity index is 1.82. The number of anilines is 1. The Hall–Kier alpha value is -3.41. The second-order valence-electron chi connectivity index (χ2n) is 9.33. The van der Waals surface area contributed by atoms with E-state index >= 15 is 0 Å². The van der Waals surface area contributed by atoms with Crippen molar-refractivity contribution in [2.45, 2.75) is 53.4 Å². The molecule has 0 saturated carbocycles. The van der Waals surface area contributed by atoms with Gasteiger partial charge in [0.15, 0.2) is 0 Å². The topological polar surface area (TPSA) is 67.2 Å². The lowest BCUT2D eigenvalue weighted by Crippen LogP contribution is -2.38. The van der Waals surface area contributed by atoms with Crippen molar-refractivity contribution in [2.75, 3.05) is 18.4 Å². The molecule has 2 aromatic carbocycles. The molecule has 1 heterocycles. The van der Waals surface area contributed by atoms with Crippen LogP contribution in [0.3, 0.4) is 0 Å². The number of carbonyl (C=O) groups is 2. The first kappa shape index (κ1) is 24.2. The molecule has 1 aromatic heterocycles. The van der Waals surface area contributed by atoms with Gasteiger partial charge in [0.25, 0.3) is 5.91 Å². The molecule has 0 unspecified atom stereocenters. The van der Waals surface area contributed by atoms with E-state index in [9.17, 15) is 9.59 Å². The second-order valence-corrected chi connectivity index (χ2v) is 9.33. The van der Waals surface area contributed by atoms with Crippen LogP contribution in [0.4, 0.5) is 5.82 Å². The Morgan fingerprint density at radius 3 is 2.30 bits per heavy atom. The van der Waals surface area contributed by atoms with Crippen LogP contribution in [0.2, 0.25) is 0 Å². The largest absolute Gasteiger partial charge is 0.330 e. The Morgan fingerprint density at radius 2 is 1.73 bits per heavy atom. The highest BCUT2D eigenvalue weighted by molar-refractivity contribution is 5.99. The molecule has 33 heavy (non-hydrogen) atoms. The van der Waals surface area contributed by atoms with Gasteiger partial charge in [-0.25, -0.2) is 4.68 Å². The van der Waals surface area contributed by atoms with Gasteiger partial charge >= 0.3 is 0 Å². The van der Waals surface area contributed by atoms with Gasteiger partial charge in [-0.2, -0.15) is 5.10 Å². The van der Waals surface area contributed by atoms with Gasteiger partial charge in [0.2, 0.25) is 5.91 Å². The van der Waals surface area contributed by atoms with Crippen molar-refractivity contribution >= 4 is 17.6 Å². The summed E-state index contributed by atoms with van der Waals surface area (Å²) >= 11 is 0. The smallest absolute Gasteiger partial charge is 0.254 e. The molecule has 0 aliphatic rings. The van der Waals surface area contributed by atoms with E-state index < -0.39 is 0 Å². The van der Waals surface area contributed by atoms with Gasteiger partial charge in [-0.05, 0) is 55.7 Å². The minimum atomic E-state index is -0.260. The summed E-state index contributed by atoms with van der Waals surface area (Å²) in [5, 5.41) is 7.74. The third-order valence-corrected chi connectivity index (χ3v) is 5.60. The van der Waals surface area contributed by atoms with Crippen LogP contribution in [0.15, 0.2) is 54.6 Å². The van der Waals surface area contributed by atoms with E-state index in [1.165, 1.54) is 5.56 Å². The first-order chi connectivity index (χ1) is 15.6. The fraction of sp³-hybridized carbons (Fsp3) is 0.370. The number of likely N-dealkylation sites (N-methyl/N-ethyl adjacent to an activating group) is 1. The predicted molar refractivity (Wildman–Crippen MR) is 133 cm³/mol. The second kappa shape index (κ2) is 10.0. The molecule has 0 saturated heterocycles. The van der Waals surface area contributed by atoms with Crippen LogP contribution >= 0.6 is 0 Å². The normalized spacial score (nSPS) is 11.3. The summed E-state index contributed by atoms with van der Waals surface area (Å²) < 4.78 is 1.76. The number of benzene rings is 2. The molecule has 3 rings (SSSR count). The maximum Gasteiger partial charge on any atom is 0.254 e. The molecule has 0 aliphatic heterocycles. The summed E-state index contributed by atoms with van der Waals surface area (Å²) in [7, 11) is 0. The van der Waals surface area contributed by atoms with E-state index in [1.807, 2.05) is 68.4 Å². The monoisotopic (exact) mass is 446 g/mol. The van der Waals surface area contributed by atoms with Gasteiger partial charge in [0, 0.05) is 23.6 Å². The van der Waals surface area contributed by atoms with Crippen molar-refractivity contribution in [2.24, 2.45) is 0 Å². The lowest BCUT2D eigenvalue weighted by Gasteiger charge is -2.20. The van der Waals surface area contributed by atoms with Gasteiger partial charge in [0.05, 0.1) is 11.4 Å². The molecule has 0 atom stereocenters. The maximum atomic E-state index is 13.0. The van der Waals surface area contributed by atoms with Gasteiger partial charge < -0.3 is 10.2 Å². The van der Waals surface area contributed by atoms with Crippen LogP contribution in [0, 0.1) is 6.92 Å². The molecule has 174 valence electrons. The molecule has 0 spiro atoms. The van der Waals surface area contributed by atoms with Crippen LogP contribution in [0.25, 0.3) is 5.69 Å². The van der Waals surface area contributed by atoms with Gasteiger partial charge in [-0.15, -0.1) is 0 Å². The van der Waals surface area contributed by atoms with E-state index in [1.54, 1.807) is 9.58 Å². The Bertz CT molecular complexity index is 1120. The zero-order valence-electron chi connectivity index (χ0n) is 20.5. The molecule has 6 nitrogen and oxygen atoms in total. The van der Waals surface area contributed by atoms with E-state index in [4.69, 9.17) is 5.10 Å². The molecule has 6 heteroatoms. The van der Waals surface area contributed by atoms with Crippen molar-refractivity contribution in [3.8, 4) is 5.69 Å². The number of nitrogens with zero attached hydrogens (tertiary/aromatic N) is 3. The van der Waals surface area contributed by atoms with Crippen LogP contribution in [0.5, 0.6) is 0 Å². The fourth-order valence-corrected chi connectivity index (χ4v) is 3.54. The molecular weight excluding hydrogens is 412 g/mol. The average Bonchev–Trinajstić information content (AvgIpc) is 3.21.